The molecule has 2 saturated heterocycles. The van der Waals surface area contributed by atoms with Crippen molar-refractivity contribution in [3.8, 4) is 11.3 Å². The Morgan fingerprint density at radius 2 is 1.93 bits per heavy atom. The number of amides is 1. The number of oxazole rings is 1. The molecule has 212 valence electrons. The third kappa shape index (κ3) is 5.59. The summed E-state index contributed by atoms with van der Waals surface area (Å²) in [7, 11) is 3.82. The number of hydrogen-bond donors (Lipinski definition) is 2. The molecule has 0 aliphatic carbocycles. The number of fused-ring (bicyclic) bond motifs is 1. The maximum Gasteiger partial charge on any atom is 0.300 e. The van der Waals surface area contributed by atoms with Gasteiger partial charge in [-0.3, -0.25) is 14.4 Å². The maximum absolute atomic E-state index is 13.7. The minimum Gasteiger partial charge on any atom is -0.422 e. The highest BCUT2D eigenvalue weighted by atomic mass is 35.5. The van der Waals surface area contributed by atoms with Gasteiger partial charge in [-0.15, -0.1) is 12.4 Å². The van der Waals surface area contributed by atoms with Gasteiger partial charge >= 0.3 is 0 Å². The Bertz CT molecular complexity index is 1490. The van der Waals surface area contributed by atoms with E-state index in [9.17, 15) is 9.90 Å². The summed E-state index contributed by atoms with van der Waals surface area (Å²) in [5.41, 5.74) is 2.75. The number of anilines is 3. The molecule has 0 spiro atoms. The average molecular weight is 570 g/mol. The number of aliphatic hydroxyl groups excluding tert-OH is 1. The Morgan fingerprint density at radius 3 is 2.67 bits per heavy atom. The van der Waals surface area contributed by atoms with Crippen LogP contribution in [0.15, 0.2) is 41.1 Å². The molecule has 2 aliphatic rings. The average Bonchev–Trinajstić information content (AvgIpc) is 3.59. The largest absolute Gasteiger partial charge is 0.422 e. The molecule has 40 heavy (non-hydrogen) atoms. The minimum absolute atomic E-state index is 0. The Morgan fingerprint density at radius 1 is 1.10 bits per heavy atom. The van der Waals surface area contributed by atoms with E-state index < -0.39 is 0 Å². The molecular weight excluding hydrogens is 538 g/mol. The first-order valence-corrected chi connectivity index (χ1v) is 13.0. The number of ether oxygens (including phenoxy) is 1. The van der Waals surface area contributed by atoms with Crippen LogP contribution < -0.4 is 15.1 Å². The zero-order chi connectivity index (χ0) is 26.9. The highest BCUT2D eigenvalue weighted by molar-refractivity contribution is 6.08. The van der Waals surface area contributed by atoms with Crippen molar-refractivity contribution in [2.24, 2.45) is 7.05 Å². The molecule has 2 N–H and O–H groups in total. The summed E-state index contributed by atoms with van der Waals surface area (Å²) in [5, 5.41) is 17.1. The molecule has 2 aliphatic heterocycles. The van der Waals surface area contributed by atoms with Crippen LogP contribution in [0.1, 0.15) is 10.4 Å². The van der Waals surface area contributed by atoms with Crippen LogP contribution >= 0.6 is 12.4 Å². The molecule has 13 nitrogen and oxygen atoms in total. The summed E-state index contributed by atoms with van der Waals surface area (Å²) in [6, 6.07) is 7.53. The fraction of sp³-hybridized carbons (Fsp3) is 0.423. The van der Waals surface area contributed by atoms with Crippen LogP contribution in [-0.4, -0.2) is 106 Å². The number of rotatable bonds is 6. The molecule has 2 fully saturated rings. The highest BCUT2D eigenvalue weighted by Gasteiger charge is 2.29. The number of likely N-dealkylation sites (N-methyl/N-ethyl adjacent to an activating group) is 1. The molecule has 0 aromatic carbocycles. The van der Waals surface area contributed by atoms with E-state index in [1.54, 1.807) is 23.0 Å². The molecule has 1 unspecified atom stereocenters. The van der Waals surface area contributed by atoms with E-state index in [2.05, 4.69) is 25.3 Å². The van der Waals surface area contributed by atoms with Crippen molar-refractivity contribution in [2.75, 3.05) is 74.7 Å². The van der Waals surface area contributed by atoms with Gasteiger partial charge in [-0.2, -0.15) is 10.1 Å². The van der Waals surface area contributed by atoms with Crippen LogP contribution in [0, 0.1) is 0 Å². The van der Waals surface area contributed by atoms with Crippen LogP contribution in [0.3, 0.4) is 0 Å². The van der Waals surface area contributed by atoms with Crippen molar-refractivity contribution in [1.82, 2.24) is 29.6 Å². The SMILES string of the molecule is CN1CCN(c2nc3nc(N4CCOCC4)oc3cc2C(=O)Nc2cccc(-c3cnn(C)c3)n2)CC1CO.Cl. The number of pyridine rings is 2. The number of nitrogens with one attached hydrogen (secondary N) is 1. The van der Waals surface area contributed by atoms with E-state index in [0.29, 0.717) is 79.5 Å². The molecule has 14 heteroatoms. The van der Waals surface area contributed by atoms with Gasteiger partial charge in [0.1, 0.15) is 11.6 Å². The molecular formula is C26H32ClN9O4. The predicted molar refractivity (Wildman–Crippen MR) is 152 cm³/mol. The first-order valence-electron chi connectivity index (χ1n) is 13.0. The van der Waals surface area contributed by atoms with Crippen LogP contribution in [0.2, 0.25) is 0 Å². The fourth-order valence-corrected chi connectivity index (χ4v) is 4.88. The lowest BCUT2D eigenvalue weighted by Crippen LogP contribution is -2.53. The molecule has 0 bridgehead atoms. The van der Waals surface area contributed by atoms with Crippen molar-refractivity contribution < 1.29 is 19.1 Å². The first kappa shape index (κ1) is 27.8. The molecule has 6 heterocycles. The highest BCUT2D eigenvalue weighted by Crippen LogP contribution is 2.29. The van der Waals surface area contributed by atoms with Crippen molar-refractivity contribution in [3.63, 3.8) is 0 Å². The standard InChI is InChI=1S/C26H31N9O4.ClH/c1-32-6-7-35(15-18(32)16-36)24-19(12-21-23(30-24)31-26(39-21)34-8-10-38-11-9-34)25(37)29-22-5-3-4-20(28-22)17-13-27-33(2)14-17;/h3-5,12-14,18,36H,6-11,15-16H2,1-2H3,(H,28,29,37);1H. The number of aliphatic hydroxyl groups is 1. The number of halogens is 1. The summed E-state index contributed by atoms with van der Waals surface area (Å²) in [5.74, 6) is 0.543. The van der Waals surface area contributed by atoms with Crippen LogP contribution in [-0.2, 0) is 11.8 Å². The van der Waals surface area contributed by atoms with Gasteiger partial charge in [0.25, 0.3) is 11.9 Å². The lowest BCUT2D eigenvalue weighted by Gasteiger charge is -2.39. The van der Waals surface area contributed by atoms with Gasteiger partial charge in [0.2, 0.25) is 5.65 Å². The summed E-state index contributed by atoms with van der Waals surface area (Å²) >= 11 is 0. The van der Waals surface area contributed by atoms with E-state index in [0.717, 1.165) is 12.1 Å². The third-order valence-electron chi connectivity index (χ3n) is 7.16. The lowest BCUT2D eigenvalue weighted by atomic mass is 10.1. The zero-order valence-electron chi connectivity index (χ0n) is 22.4. The van der Waals surface area contributed by atoms with Gasteiger partial charge in [-0.05, 0) is 19.2 Å². The van der Waals surface area contributed by atoms with Gasteiger partial charge in [0, 0.05) is 57.6 Å². The van der Waals surface area contributed by atoms with Crippen molar-refractivity contribution in [1.29, 1.82) is 0 Å². The Kier molecular flexibility index (Phi) is 8.17. The second-order valence-corrected chi connectivity index (χ2v) is 9.81. The van der Waals surface area contributed by atoms with Crippen LogP contribution in [0.25, 0.3) is 22.5 Å². The number of piperazine rings is 1. The van der Waals surface area contributed by atoms with Gasteiger partial charge in [-0.1, -0.05) is 6.07 Å². The summed E-state index contributed by atoms with van der Waals surface area (Å²) in [6.07, 6.45) is 3.59. The van der Waals surface area contributed by atoms with Crippen LogP contribution in [0.4, 0.5) is 17.7 Å². The van der Waals surface area contributed by atoms with Gasteiger partial charge < -0.3 is 29.4 Å². The Balaban J connectivity index is 0.00000323. The Hall–Kier alpha value is -3.78. The van der Waals surface area contributed by atoms with E-state index in [1.165, 1.54) is 0 Å². The number of carbonyl (C=O) groups is 1. The minimum atomic E-state index is -0.362. The van der Waals surface area contributed by atoms with Crippen molar-refractivity contribution in [3.05, 3.63) is 42.2 Å². The molecule has 1 atom stereocenters. The summed E-state index contributed by atoms with van der Waals surface area (Å²) in [4.78, 5) is 33.9. The molecule has 6 rings (SSSR count). The normalized spacial score (nSPS) is 18.1. The predicted octanol–water partition coefficient (Wildman–Crippen LogP) is 1.64. The zero-order valence-corrected chi connectivity index (χ0v) is 23.2. The van der Waals surface area contributed by atoms with E-state index in [1.807, 2.05) is 42.2 Å². The van der Waals surface area contributed by atoms with Crippen molar-refractivity contribution in [2.45, 2.75) is 6.04 Å². The summed E-state index contributed by atoms with van der Waals surface area (Å²) < 4.78 is 13.2. The summed E-state index contributed by atoms with van der Waals surface area (Å²) in [6.45, 7) is 4.43. The third-order valence-corrected chi connectivity index (χ3v) is 7.16. The molecule has 0 radical (unpaired) electrons. The maximum atomic E-state index is 13.7. The number of carbonyl (C=O) groups excluding carboxylic acids is 1. The van der Waals surface area contributed by atoms with Crippen LogP contribution in [0.5, 0.6) is 0 Å². The first-order chi connectivity index (χ1) is 19.0. The monoisotopic (exact) mass is 569 g/mol. The number of nitrogens with zero attached hydrogens (tertiary/aromatic N) is 8. The lowest BCUT2D eigenvalue weighted by molar-refractivity contribution is 0.102. The van der Waals surface area contributed by atoms with E-state index in [-0.39, 0.29) is 31.0 Å². The quantitative estimate of drug-likeness (QED) is 0.350. The van der Waals surface area contributed by atoms with E-state index >= 15 is 0 Å². The number of morpholine rings is 1. The smallest absolute Gasteiger partial charge is 0.300 e. The Labute approximate surface area is 237 Å². The second kappa shape index (κ2) is 11.8. The second-order valence-electron chi connectivity index (χ2n) is 9.81. The number of aryl methyl sites for hydroxylation is 1. The molecule has 4 aromatic heterocycles. The molecule has 0 saturated carbocycles. The number of aromatic nitrogens is 5. The van der Waals surface area contributed by atoms with E-state index in [4.69, 9.17) is 14.1 Å². The van der Waals surface area contributed by atoms with Gasteiger partial charge in [-0.25, -0.2) is 9.97 Å². The molecule has 1 amide bonds. The van der Waals surface area contributed by atoms with Gasteiger partial charge in [0.15, 0.2) is 5.58 Å². The molecule has 4 aromatic rings. The van der Waals surface area contributed by atoms with Gasteiger partial charge in [0.05, 0.1) is 43.3 Å². The topological polar surface area (TPSA) is 138 Å². The van der Waals surface area contributed by atoms with Crippen molar-refractivity contribution >= 4 is 47.2 Å². The number of hydrogen-bond acceptors (Lipinski definition) is 11. The fourth-order valence-electron chi connectivity index (χ4n) is 4.88.